The van der Waals surface area contributed by atoms with Crippen LogP contribution in [0.15, 0.2) is 6.33 Å². The zero-order chi connectivity index (χ0) is 17.8. The second-order valence-corrected chi connectivity index (χ2v) is 9.27. The lowest BCUT2D eigenvalue weighted by molar-refractivity contribution is -0.138. The maximum atomic E-state index is 12.4. The van der Waals surface area contributed by atoms with E-state index in [1.807, 2.05) is 0 Å². The van der Waals surface area contributed by atoms with E-state index >= 15 is 0 Å². The maximum Gasteiger partial charge on any atom is 0.242 e. The van der Waals surface area contributed by atoms with Gasteiger partial charge in [-0.05, 0) is 26.7 Å². The largest absolute Gasteiger partial charge is 0.348 e. The Morgan fingerprint density at radius 1 is 1.33 bits per heavy atom. The molecule has 0 bridgehead atoms. The number of H-pyrrole nitrogens is 1. The molecule has 3 N–H and O–H groups in total. The number of fused-ring (bicyclic) bond motifs is 2. The normalized spacial score (nSPS) is 21.8. The van der Waals surface area contributed by atoms with Crippen LogP contribution in [0.2, 0.25) is 0 Å². The summed E-state index contributed by atoms with van der Waals surface area (Å²) in [7, 11) is -3.37. The van der Waals surface area contributed by atoms with Crippen LogP contribution in [0, 0.1) is 0 Å². The van der Waals surface area contributed by atoms with Gasteiger partial charge in [0.2, 0.25) is 15.9 Å². The van der Waals surface area contributed by atoms with Crippen LogP contribution >= 0.6 is 0 Å². The summed E-state index contributed by atoms with van der Waals surface area (Å²) in [6.07, 6.45) is 4.55. The van der Waals surface area contributed by atoms with Gasteiger partial charge in [-0.1, -0.05) is 0 Å². The van der Waals surface area contributed by atoms with Gasteiger partial charge < -0.3 is 15.6 Å². The smallest absolute Gasteiger partial charge is 0.242 e. The molecule has 9 heteroatoms. The minimum atomic E-state index is -3.37. The molecule has 2 aliphatic rings. The molecule has 0 atom stereocenters. The summed E-state index contributed by atoms with van der Waals surface area (Å²) in [6.45, 7) is 4.75. The molecule has 0 aliphatic carbocycles. The van der Waals surface area contributed by atoms with Crippen LogP contribution < -0.4 is 5.73 Å². The van der Waals surface area contributed by atoms with Crippen molar-refractivity contribution < 1.29 is 13.2 Å². The number of nitrogens with one attached hydrogen (secondary N) is 1. The van der Waals surface area contributed by atoms with E-state index < -0.39 is 21.1 Å². The van der Waals surface area contributed by atoms with Gasteiger partial charge in [-0.2, -0.15) is 4.31 Å². The average molecular weight is 355 g/mol. The Bertz CT molecular complexity index is 741. The average Bonchev–Trinajstić information content (AvgIpc) is 2.95. The number of piperidine rings is 1. The van der Waals surface area contributed by atoms with Crippen LogP contribution in [0.25, 0.3) is 0 Å². The summed E-state index contributed by atoms with van der Waals surface area (Å²) < 4.78 is 26.3. The van der Waals surface area contributed by atoms with Crippen molar-refractivity contribution in [2.45, 2.75) is 44.2 Å². The van der Waals surface area contributed by atoms with Crippen molar-refractivity contribution in [3.8, 4) is 0 Å². The Labute approximate surface area is 142 Å². The zero-order valence-electron chi connectivity index (χ0n) is 14.4. The topological polar surface area (TPSA) is 112 Å². The number of sulfonamides is 1. The number of imidazole rings is 1. The lowest BCUT2D eigenvalue weighted by Gasteiger charge is -2.49. The molecule has 0 saturated carbocycles. The Hall–Kier alpha value is -1.45. The highest BCUT2D eigenvalue weighted by molar-refractivity contribution is 7.88. The van der Waals surface area contributed by atoms with Gasteiger partial charge in [-0.25, -0.2) is 13.4 Å². The van der Waals surface area contributed by atoms with Gasteiger partial charge in [0.15, 0.2) is 0 Å². The predicted molar refractivity (Wildman–Crippen MR) is 89.6 cm³/mol. The minimum absolute atomic E-state index is 0.110. The van der Waals surface area contributed by atoms with E-state index in [1.165, 1.54) is 6.26 Å². The number of hydrogen-bond acceptors (Lipinski definition) is 5. The molecule has 1 spiro atoms. The van der Waals surface area contributed by atoms with Crippen LogP contribution in [0.3, 0.4) is 0 Å². The molecule has 1 saturated heterocycles. The molecule has 1 aromatic heterocycles. The third kappa shape index (κ3) is 2.74. The molecular weight excluding hydrogens is 330 g/mol. The number of amides is 1. The van der Waals surface area contributed by atoms with Crippen molar-refractivity contribution in [2.24, 2.45) is 5.73 Å². The van der Waals surface area contributed by atoms with Gasteiger partial charge in [0.05, 0.1) is 29.4 Å². The number of hydrogen-bond donors (Lipinski definition) is 2. The predicted octanol–water partition coefficient (Wildman–Crippen LogP) is -0.218. The number of aromatic amines is 1. The molecule has 8 nitrogen and oxygen atoms in total. The van der Waals surface area contributed by atoms with Crippen molar-refractivity contribution in [1.82, 2.24) is 19.2 Å². The molecule has 3 heterocycles. The van der Waals surface area contributed by atoms with Crippen LogP contribution in [0.4, 0.5) is 0 Å². The highest BCUT2D eigenvalue weighted by Gasteiger charge is 2.51. The number of nitrogens with zero attached hydrogens (tertiary/aromatic N) is 3. The summed E-state index contributed by atoms with van der Waals surface area (Å²) in [4.78, 5) is 21.7. The van der Waals surface area contributed by atoms with Crippen molar-refractivity contribution in [1.29, 1.82) is 0 Å². The molecule has 1 amide bonds. The van der Waals surface area contributed by atoms with Gasteiger partial charge >= 0.3 is 0 Å². The number of nitrogens with two attached hydrogens (primary N) is 1. The molecule has 134 valence electrons. The van der Waals surface area contributed by atoms with Gasteiger partial charge in [0.1, 0.15) is 0 Å². The summed E-state index contributed by atoms with van der Waals surface area (Å²) in [5.41, 5.74) is 6.12. The van der Waals surface area contributed by atoms with Crippen LogP contribution in [-0.2, 0) is 26.8 Å². The van der Waals surface area contributed by atoms with Gasteiger partial charge in [-0.15, -0.1) is 0 Å². The van der Waals surface area contributed by atoms with Gasteiger partial charge in [0, 0.05) is 31.7 Å². The Morgan fingerprint density at radius 3 is 2.50 bits per heavy atom. The second kappa shape index (κ2) is 5.53. The first-order chi connectivity index (χ1) is 11.1. The highest BCUT2D eigenvalue weighted by Crippen LogP contribution is 2.43. The molecule has 1 aromatic rings. The number of aromatic nitrogens is 2. The quantitative estimate of drug-likeness (QED) is 0.762. The number of rotatable bonds is 2. The van der Waals surface area contributed by atoms with Crippen molar-refractivity contribution in [3.05, 3.63) is 17.7 Å². The van der Waals surface area contributed by atoms with E-state index in [0.717, 1.165) is 11.4 Å². The Morgan fingerprint density at radius 2 is 1.96 bits per heavy atom. The fraction of sp³-hybridized carbons (Fsp3) is 0.733. The molecule has 0 unspecified atom stereocenters. The molecule has 3 rings (SSSR count). The molecular formula is C15H25N5O3S. The number of likely N-dealkylation sites (tertiary alicyclic amines) is 1. The van der Waals surface area contributed by atoms with E-state index in [0.29, 0.717) is 38.9 Å². The van der Waals surface area contributed by atoms with Gasteiger partial charge in [0.25, 0.3) is 0 Å². The van der Waals surface area contributed by atoms with Crippen LogP contribution in [0.5, 0.6) is 0 Å². The Balaban J connectivity index is 1.93. The monoisotopic (exact) mass is 355 g/mol. The lowest BCUT2D eigenvalue weighted by Crippen LogP contribution is -2.61. The van der Waals surface area contributed by atoms with Crippen LogP contribution in [-0.4, -0.2) is 64.9 Å². The van der Waals surface area contributed by atoms with E-state index in [2.05, 4.69) is 9.97 Å². The summed E-state index contributed by atoms with van der Waals surface area (Å²) in [5.74, 6) is -0.110. The fourth-order valence-electron chi connectivity index (χ4n) is 3.91. The highest BCUT2D eigenvalue weighted by atomic mass is 32.2. The third-order valence-corrected chi connectivity index (χ3v) is 6.36. The van der Waals surface area contributed by atoms with Crippen LogP contribution in [0.1, 0.15) is 38.1 Å². The van der Waals surface area contributed by atoms with Crippen molar-refractivity contribution in [3.63, 3.8) is 0 Å². The van der Waals surface area contributed by atoms with Gasteiger partial charge in [-0.3, -0.25) is 4.79 Å². The summed E-state index contributed by atoms with van der Waals surface area (Å²) in [6, 6.07) is 0. The molecule has 1 fully saturated rings. The third-order valence-electron chi connectivity index (χ3n) is 5.03. The number of carbonyl (C=O) groups excluding carboxylic acids is 1. The van der Waals surface area contributed by atoms with E-state index in [-0.39, 0.29) is 5.91 Å². The fourth-order valence-corrected chi connectivity index (χ4v) is 5.24. The van der Waals surface area contributed by atoms with Crippen molar-refractivity contribution >= 4 is 15.9 Å². The molecule has 0 radical (unpaired) electrons. The standard InChI is InChI=1S/C15H25N5O3S/c1-14(2,16)13(21)19-8-5-15(6-9-19)12-11(17-10-18-12)4-7-20(15)24(3,22)23/h10H,4-9,16H2,1-3H3,(H,17,18). The molecule has 24 heavy (non-hydrogen) atoms. The molecule has 0 aromatic carbocycles. The summed E-state index contributed by atoms with van der Waals surface area (Å²) in [5, 5.41) is 0. The summed E-state index contributed by atoms with van der Waals surface area (Å²) >= 11 is 0. The van der Waals surface area contributed by atoms with E-state index in [4.69, 9.17) is 5.73 Å². The zero-order valence-corrected chi connectivity index (χ0v) is 15.2. The SMILES string of the molecule is CC(C)(N)C(=O)N1CCC2(CC1)c1nc[nH]c1CCN2S(C)(=O)=O. The first kappa shape index (κ1) is 17.4. The minimum Gasteiger partial charge on any atom is -0.348 e. The molecule has 2 aliphatic heterocycles. The first-order valence-corrected chi connectivity index (χ1v) is 9.99. The Kier molecular flexibility index (Phi) is 4.01. The van der Waals surface area contributed by atoms with E-state index in [9.17, 15) is 13.2 Å². The number of carbonyl (C=O) groups is 1. The second-order valence-electron chi connectivity index (χ2n) is 7.36. The van der Waals surface area contributed by atoms with E-state index in [1.54, 1.807) is 29.4 Å². The lowest BCUT2D eigenvalue weighted by atomic mass is 9.80. The van der Waals surface area contributed by atoms with Crippen molar-refractivity contribution in [2.75, 3.05) is 25.9 Å². The first-order valence-electron chi connectivity index (χ1n) is 8.14. The maximum absolute atomic E-state index is 12.4.